The Hall–Kier alpha value is -3.76. The predicted molar refractivity (Wildman–Crippen MR) is 157 cm³/mol. The van der Waals surface area contributed by atoms with Crippen molar-refractivity contribution in [1.82, 2.24) is 4.31 Å². The summed E-state index contributed by atoms with van der Waals surface area (Å²) in [6.07, 6.45) is 0.681. The molecular formula is C33H35NO8S. The molecule has 2 aromatic rings. The molecule has 1 amide bonds. The number of carbonyl (C=O) groups is 3. The van der Waals surface area contributed by atoms with Crippen LogP contribution in [-0.4, -0.2) is 54.6 Å². The van der Waals surface area contributed by atoms with Crippen molar-refractivity contribution in [2.45, 2.75) is 70.3 Å². The quantitative estimate of drug-likeness (QED) is 0.503. The van der Waals surface area contributed by atoms with Crippen molar-refractivity contribution in [3.05, 3.63) is 82.3 Å². The van der Waals surface area contributed by atoms with Gasteiger partial charge >= 0.3 is 0 Å². The molecule has 9 nitrogen and oxygen atoms in total. The minimum atomic E-state index is -4.04. The van der Waals surface area contributed by atoms with E-state index in [2.05, 4.69) is 0 Å². The molecule has 226 valence electrons. The van der Waals surface area contributed by atoms with Crippen molar-refractivity contribution in [3.8, 4) is 5.75 Å². The summed E-state index contributed by atoms with van der Waals surface area (Å²) in [5.74, 6) is 0.456. The smallest absolute Gasteiger partial charge is 0.269 e. The first-order chi connectivity index (χ1) is 20.2. The number of ether oxygens (including phenoxy) is 2. The number of allylic oxidation sites excluding steroid dienone is 4. The largest absolute Gasteiger partial charge is 0.491 e. The third-order valence-corrected chi connectivity index (χ3v) is 10.3. The molecule has 1 atom stereocenters. The third-order valence-electron chi connectivity index (χ3n) is 8.53. The lowest BCUT2D eigenvalue weighted by atomic mass is 9.65. The lowest BCUT2D eigenvalue weighted by Gasteiger charge is -2.42. The predicted octanol–water partition coefficient (Wildman–Crippen LogP) is 4.67. The summed E-state index contributed by atoms with van der Waals surface area (Å²) < 4.78 is 38.4. The molecule has 0 spiro atoms. The van der Waals surface area contributed by atoms with Crippen LogP contribution in [0, 0.1) is 10.8 Å². The average Bonchev–Trinajstić information content (AvgIpc) is 3.10. The van der Waals surface area contributed by atoms with E-state index in [0.29, 0.717) is 58.4 Å². The molecule has 0 saturated heterocycles. The van der Waals surface area contributed by atoms with Crippen LogP contribution in [0.2, 0.25) is 0 Å². The Kier molecular flexibility index (Phi) is 6.93. The number of amides is 1. The van der Waals surface area contributed by atoms with Crippen LogP contribution in [0.25, 0.3) is 0 Å². The fourth-order valence-electron chi connectivity index (χ4n) is 6.61. The molecule has 0 saturated carbocycles. The van der Waals surface area contributed by atoms with E-state index in [1.54, 1.807) is 36.4 Å². The maximum absolute atomic E-state index is 13.5. The molecule has 4 aliphatic rings. The average molecular weight is 606 g/mol. The normalized spacial score (nSPS) is 23.0. The van der Waals surface area contributed by atoms with Crippen molar-refractivity contribution in [3.63, 3.8) is 0 Å². The van der Waals surface area contributed by atoms with Crippen LogP contribution < -0.4 is 4.74 Å². The Morgan fingerprint density at radius 2 is 1.44 bits per heavy atom. The van der Waals surface area contributed by atoms with Crippen LogP contribution in [0.5, 0.6) is 5.75 Å². The minimum Gasteiger partial charge on any atom is -0.491 e. The third kappa shape index (κ3) is 5.20. The standard InChI is InChI=1S/C33H35NO8S/c1-32(2)13-23(36)29-25(15-32)42-26-16-33(3,4)14-24(37)30(26)28(29)19-9-11-21(12-10-19)41-18-20(35)17-34-31(38)22-7-5-6-8-27(22)43(34,39)40/h5-12,20,28,35H,13-18H2,1-4H3/t20-/m0/s1. The van der Waals surface area contributed by atoms with E-state index in [1.807, 2.05) is 27.7 Å². The number of Topliss-reactive ketones (excluding diaryl/α,β-unsaturated/α-hetero) is 2. The van der Waals surface area contributed by atoms with E-state index in [9.17, 15) is 27.9 Å². The van der Waals surface area contributed by atoms with Crippen LogP contribution in [-0.2, 0) is 24.3 Å². The Balaban J connectivity index is 1.21. The number of benzene rings is 2. The summed E-state index contributed by atoms with van der Waals surface area (Å²) in [6.45, 7) is 7.48. The van der Waals surface area contributed by atoms with Gasteiger partial charge < -0.3 is 14.6 Å². The van der Waals surface area contributed by atoms with Crippen molar-refractivity contribution in [2.75, 3.05) is 13.2 Å². The summed E-state index contributed by atoms with van der Waals surface area (Å²) in [6, 6.07) is 12.9. The topological polar surface area (TPSA) is 127 Å². The molecule has 43 heavy (non-hydrogen) atoms. The number of sulfonamides is 1. The highest BCUT2D eigenvalue weighted by Crippen LogP contribution is 2.53. The lowest BCUT2D eigenvalue weighted by molar-refractivity contribution is -0.120. The van der Waals surface area contributed by atoms with Crippen molar-refractivity contribution < 1.29 is 37.4 Å². The van der Waals surface area contributed by atoms with Gasteiger partial charge in [-0.3, -0.25) is 14.4 Å². The number of aliphatic hydroxyl groups is 1. The van der Waals surface area contributed by atoms with Gasteiger partial charge in [0, 0.05) is 42.7 Å². The van der Waals surface area contributed by atoms with E-state index < -0.39 is 34.5 Å². The number of carbonyl (C=O) groups excluding carboxylic acids is 3. The number of β-amino-alcohol motifs (C(OH)–C–C–N with tert-alkyl or cyclic N) is 1. The van der Waals surface area contributed by atoms with Crippen molar-refractivity contribution in [1.29, 1.82) is 0 Å². The molecule has 2 aliphatic heterocycles. The molecule has 0 unspecified atom stereocenters. The van der Waals surface area contributed by atoms with Crippen LogP contribution in [0.3, 0.4) is 0 Å². The van der Waals surface area contributed by atoms with E-state index >= 15 is 0 Å². The van der Waals surface area contributed by atoms with Gasteiger partial charge in [-0.2, -0.15) is 0 Å². The number of hydrogen-bond acceptors (Lipinski definition) is 8. The monoisotopic (exact) mass is 605 g/mol. The summed E-state index contributed by atoms with van der Waals surface area (Å²) >= 11 is 0. The Morgan fingerprint density at radius 3 is 2.00 bits per heavy atom. The second-order valence-electron chi connectivity index (χ2n) is 13.5. The zero-order valence-corrected chi connectivity index (χ0v) is 25.5. The zero-order valence-electron chi connectivity index (χ0n) is 24.7. The molecule has 0 fully saturated rings. The first-order valence-electron chi connectivity index (χ1n) is 14.4. The number of rotatable bonds is 6. The van der Waals surface area contributed by atoms with E-state index in [1.165, 1.54) is 12.1 Å². The maximum Gasteiger partial charge on any atom is 0.269 e. The van der Waals surface area contributed by atoms with Crippen LogP contribution in [0.4, 0.5) is 0 Å². The fourth-order valence-corrected chi connectivity index (χ4v) is 8.22. The van der Waals surface area contributed by atoms with Gasteiger partial charge in [-0.1, -0.05) is 52.0 Å². The number of nitrogens with zero attached hydrogens (tertiary/aromatic N) is 1. The first kappa shape index (κ1) is 29.3. The van der Waals surface area contributed by atoms with Gasteiger partial charge in [-0.05, 0) is 40.7 Å². The summed E-state index contributed by atoms with van der Waals surface area (Å²) in [7, 11) is -4.04. The highest BCUT2D eigenvalue weighted by Gasteiger charge is 2.48. The SMILES string of the molecule is CC1(C)CC(=O)C2=C(C1)OC1=C(C(=O)CC(C)(C)C1)C2c1ccc(OC[C@@H](O)CN2C(=O)c3ccccc3S2(=O)=O)cc1. The van der Waals surface area contributed by atoms with Gasteiger partial charge in [-0.15, -0.1) is 0 Å². The van der Waals surface area contributed by atoms with Gasteiger partial charge in [-0.25, -0.2) is 12.7 Å². The minimum absolute atomic E-state index is 0.0163. The number of fused-ring (bicyclic) bond motifs is 1. The second kappa shape index (κ2) is 10.2. The Labute approximate surface area is 251 Å². The number of aliphatic hydroxyl groups excluding tert-OH is 1. The van der Waals surface area contributed by atoms with Gasteiger partial charge in [0.1, 0.15) is 34.9 Å². The highest BCUT2D eigenvalue weighted by atomic mass is 32.2. The number of hydrogen-bond donors (Lipinski definition) is 1. The van der Waals surface area contributed by atoms with Crippen LogP contribution in [0.15, 0.2) is 76.1 Å². The molecule has 1 N–H and O–H groups in total. The molecule has 2 aliphatic carbocycles. The summed E-state index contributed by atoms with van der Waals surface area (Å²) in [5.41, 5.74) is 1.46. The molecule has 0 aromatic heterocycles. The van der Waals surface area contributed by atoms with E-state index in [-0.39, 0.29) is 39.5 Å². The van der Waals surface area contributed by atoms with E-state index in [0.717, 1.165) is 5.56 Å². The summed E-state index contributed by atoms with van der Waals surface area (Å²) in [5, 5.41) is 10.6. The van der Waals surface area contributed by atoms with Crippen LogP contribution in [0.1, 0.15) is 75.2 Å². The van der Waals surface area contributed by atoms with E-state index in [4.69, 9.17) is 9.47 Å². The van der Waals surface area contributed by atoms with Gasteiger partial charge in [0.05, 0.1) is 12.1 Å². The maximum atomic E-state index is 13.5. The van der Waals surface area contributed by atoms with Gasteiger partial charge in [0.2, 0.25) is 0 Å². The Bertz CT molecular complexity index is 1660. The second-order valence-corrected chi connectivity index (χ2v) is 15.3. The molecular weight excluding hydrogens is 570 g/mol. The lowest BCUT2D eigenvalue weighted by Crippen LogP contribution is -2.39. The Morgan fingerprint density at radius 1 is 0.884 bits per heavy atom. The summed E-state index contributed by atoms with van der Waals surface area (Å²) in [4.78, 5) is 39.5. The molecule has 10 heteroatoms. The molecule has 2 heterocycles. The first-order valence-corrected chi connectivity index (χ1v) is 15.9. The fraction of sp³-hybridized carbons (Fsp3) is 0.424. The zero-order chi connectivity index (χ0) is 30.9. The van der Waals surface area contributed by atoms with Crippen molar-refractivity contribution >= 4 is 27.5 Å². The molecule has 0 bridgehead atoms. The van der Waals surface area contributed by atoms with Gasteiger partial charge in [0.25, 0.3) is 15.9 Å². The van der Waals surface area contributed by atoms with Crippen LogP contribution >= 0.6 is 0 Å². The van der Waals surface area contributed by atoms with Gasteiger partial charge in [0.15, 0.2) is 11.6 Å². The molecule has 6 rings (SSSR count). The number of ketones is 2. The highest BCUT2D eigenvalue weighted by molar-refractivity contribution is 7.90. The molecule has 0 radical (unpaired) electrons. The van der Waals surface area contributed by atoms with Crippen molar-refractivity contribution in [2.24, 2.45) is 10.8 Å². The molecule has 2 aromatic carbocycles.